The van der Waals surface area contributed by atoms with Gasteiger partial charge in [0, 0.05) is 30.7 Å². The van der Waals surface area contributed by atoms with E-state index in [1.807, 2.05) is 12.1 Å². The standard InChI is InChI=1S/C24H32N2O4/c1-28-21-14-18(15-22(29-2)23(21)30-3)16-25-10-8-24(9-11-25)17-26(12-13-27)20-7-5-4-6-19(20)24/h4-7,14-15,27H,8-13,16-17H2,1-3H3. The lowest BCUT2D eigenvalue weighted by atomic mass is 9.74. The summed E-state index contributed by atoms with van der Waals surface area (Å²) in [6.45, 7) is 4.83. The fraction of sp³-hybridized carbons (Fsp3) is 0.500. The second kappa shape index (κ2) is 8.74. The molecule has 6 nitrogen and oxygen atoms in total. The number of rotatable bonds is 7. The molecule has 2 aliphatic heterocycles. The predicted octanol–water partition coefficient (Wildman–Crippen LogP) is 3.06. The van der Waals surface area contributed by atoms with E-state index in [4.69, 9.17) is 14.2 Å². The molecule has 4 rings (SSSR count). The number of ether oxygens (including phenoxy) is 3. The van der Waals surface area contributed by atoms with Gasteiger partial charge in [0.15, 0.2) is 11.5 Å². The first-order valence-electron chi connectivity index (χ1n) is 10.6. The van der Waals surface area contributed by atoms with Crippen LogP contribution in [-0.2, 0) is 12.0 Å². The summed E-state index contributed by atoms with van der Waals surface area (Å²) in [5.41, 5.74) is 4.10. The number of aliphatic hydroxyl groups excluding tert-OH is 1. The van der Waals surface area contributed by atoms with Crippen LogP contribution in [-0.4, -0.2) is 64.1 Å². The molecule has 6 heteroatoms. The highest BCUT2D eigenvalue weighted by Gasteiger charge is 2.44. The average molecular weight is 413 g/mol. The lowest BCUT2D eigenvalue weighted by Gasteiger charge is -2.40. The molecule has 0 atom stereocenters. The van der Waals surface area contributed by atoms with Gasteiger partial charge in [0.1, 0.15) is 0 Å². The van der Waals surface area contributed by atoms with Crippen molar-refractivity contribution in [2.45, 2.75) is 24.8 Å². The number of aliphatic hydroxyl groups is 1. The van der Waals surface area contributed by atoms with E-state index in [0.29, 0.717) is 23.8 Å². The summed E-state index contributed by atoms with van der Waals surface area (Å²) in [7, 11) is 4.94. The molecule has 0 aromatic heterocycles. The van der Waals surface area contributed by atoms with Crippen molar-refractivity contribution >= 4 is 5.69 Å². The Labute approximate surface area is 179 Å². The van der Waals surface area contributed by atoms with Gasteiger partial charge in [0.2, 0.25) is 5.75 Å². The fourth-order valence-electron chi connectivity index (χ4n) is 5.11. The van der Waals surface area contributed by atoms with Crippen molar-refractivity contribution in [1.29, 1.82) is 0 Å². The van der Waals surface area contributed by atoms with E-state index in [9.17, 15) is 5.11 Å². The Kier molecular flexibility index (Phi) is 6.06. The minimum atomic E-state index is 0.192. The van der Waals surface area contributed by atoms with E-state index in [2.05, 4.69) is 34.1 Å². The quantitative estimate of drug-likeness (QED) is 0.754. The molecule has 1 saturated heterocycles. The smallest absolute Gasteiger partial charge is 0.203 e. The summed E-state index contributed by atoms with van der Waals surface area (Å²) in [5, 5.41) is 9.49. The fourth-order valence-corrected chi connectivity index (χ4v) is 5.11. The van der Waals surface area contributed by atoms with Gasteiger partial charge in [-0.25, -0.2) is 0 Å². The number of hydrogen-bond donors (Lipinski definition) is 1. The minimum absolute atomic E-state index is 0.192. The van der Waals surface area contributed by atoms with E-state index in [-0.39, 0.29) is 12.0 Å². The second-order valence-electron chi connectivity index (χ2n) is 8.25. The average Bonchev–Trinajstić information content (AvgIpc) is 3.08. The number of likely N-dealkylation sites (tertiary alicyclic amines) is 1. The van der Waals surface area contributed by atoms with E-state index >= 15 is 0 Å². The Morgan fingerprint density at radius 2 is 1.63 bits per heavy atom. The van der Waals surface area contributed by atoms with Crippen LogP contribution in [0.3, 0.4) is 0 Å². The SMILES string of the molecule is COc1cc(CN2CCC3(CC2)CN(CCO)c2ccccc23)cc(OC)c1OC. The molecule has 2 aromatic carbocycles. The van der Waals surface area contributed by atoms with Crippen LogP contribution < -0.4 is 19.1 Å². The molecule has 1 spiro atoms. The van der Waals surface area contributed by atoms with Crippen LogP contribution in [0.2, 0.25) is 0 Å². The molecule has 2 aliphatic rings. The van der Waals surface area contributed by atoms with Gasteiger partial charge in [-0.2, -0.15) is 0 Å². The number of anilines is 1. The monoisotopic (exact) mass is 412 g/mol. The van der Waals surface area contributed by atoms with Gasteiger partial charge in [-0.1, -0.05) is 18.2 Å². The molecule has 0 aliphatic carbocycles. The van der Waals surface area contributed by atoms with E-state index < -0.39 is 0 Å². The number of piperidine rings is 1. The van der Waals surface area contributed by atoms with Crippen molar-refractivity contribution < 1.29 is 19.3 Å². The lowest BCUT2D eigenvalue weighted by molar-refractivity contribution is 0.158. The molecule has 2 heterocycles. The normalized spacial score (nSPS) is 17.8. The Hall–Kier alpha value is -2.44. The second-order valence-corrected chi connectivity index (χ2v) is 8.25. The minimum Gasteiger partial charge on any atom is -0.493 e. The van der Waals surface area contributed by atoms with Gasteiger partial charge in [-0.3, -0.25) is 4.90 Å². The van der Waals surface area contributed by atoms with Crippen LogP contribution in [0.25, 0.3) is 0 Å². The topological polar surface area (TPSA) is 54.4 Å². The Bertz CT molecular complexity index is 852. The molecule has 162 valence electrons. The van der Waals surface area contributed by atoms with Crippen LogP contribution in [0.1, 0.15) is 24.0 Å². The van der Waals surface area contributed by atoms with E-state index in [0.717, 1.165) is 44.6 Å². The summed E-state index contributed by atoms with van der Waals surface area (Å²) < 4.78 is 16.5. The van der Waals surface area contributed by atoms with Crippen molar-refractivity contribution in [2.75, 3.05) is 59.0 Å². The maximum Gasteiger partial charge on any atom is 0.203 e. The summed E-state index contributed by atoms with van der Waals surface area (Å²) in [5.74, 6) is 2.03. The number of hydrogen-bond acceptors (Lipinski definition) is 6. The third-order valence-corrected chi connectivity index (χ3v) is 6.62. The van der Waals surface area contributed by atoms with E-state index in [1.165, 1.54) is 11.3 Å². The zero-order chi connectivity index (χ0) is 21.1. The maximum absolute atomic E-state index is 9.49. The number of benzene rings is 2. The van der Waals surface area contributed by atoms with Crippen LogP contribution in [0.5, 0.6) is 17.2 Å². The molecule has 0 amide bonds. The van der Waals surface area contributed by atoms with Gasteiger partial charge in [0.25, 0.3) is 0 Å². The largest absolute Gasteiger partial charge is 0.493 e. The predicted molar refractivity (Wildman–Crippen MR) is 118 cm³/mol. The van der Waals surface area contributed by atoms with Crippen LogP contribution in [0.4, 0.5) is 5.69 Å². The highest BCUT2D eigenvalue weighted by atomic mass is 16.5. The Morgan fingerprint density at radius 1 is 0.967 bits per heavy atom. The van der Waals surface area contributed by atoms with Crippen molar-refractivity contribution in [3.05, 3.63) is 47.5 Å². The summed E-state index contributed by atoms with van der Waals surface area (Å²) in [6, 6.07) is 12.8. The molecule has 0 saturated carbocycles. The molecule has 1 N–H and O–H groups in total. The molecule has 0 unspecified atom stereocenters. The first kappa shape index (κ1) is 20.8. The molecular formula is C24H32N2O4. The first-order valence-corrected chi connectivity index (χ1v) is 10.6. The first-order chi connectivity index (χ1) is 14.6. The highest BCUT2D eigenvalue weighted by Crippen LogP contribution is 2.47. The number of methoxy groups -OCH3 is 3. The number of fused-ring (bicyclic) bond motifs is 2. The summed E-state index contributed by atoms with van der Waals surface area (Å²) >= 11 is 0. The van der Waals surface area contributed by atoms with Crippen LogP contribution in [0, 0.1) is 0 Å². The molecule has 30 heavy (non-hydrogen) atoms. The number of para-hydroxylation sites is 1. The zero-order valence-electron chi connectivity index (χ0n) is 18.2. The van der Waals surface area contributed by atoms with Gasteiger partial charge in [-0.15, -0.1) is 0 Å². The van der Waals surface area contributed by atoms with Crippen molar-refractivity contribution in [1.82, 2.24) is 4.90 Å². The molecular weight excluding hydrogens is 380 g/mol. The zero-order valence-corrected chi connectivity index (χ0v) is 18.2. The van der Waals surface area contributed by atoms with Crippen molar-refractivity contribution in [3.63, 3.8) is 0 Å². The van der Waals surface area contributed by atoms with Gasteiger partial charge >= 0.3 is 0 Å². The van der Waals surface area contributed by atoms with Crippen molar-refractivity contribution in [2.24, 2.45) is 0 Å². The molecule has 0 radical (unpaired) electrons. The van der Waals surface area contributed by atoms with Crippen LogP contribution in [0.15, 0.2) is 36.4 Å². The lowest BCUT2D eigenvalue weighted by Crippen LogP contribution is -2.45. The van der Waals surface area contributed by atoms with Gasteiger partial charge in [0.05, 0.1) is 27.9 Å². The Morgan fingerprint density at radius 3 is 2.23 bits per heavy atom. The Balaban J connectivity index is 1.48. The van der Waals surface area contributed by atoms with E-state index in [1.54, 1.807) is 21.3 Å². The number of β-amino-alcohol motifs (C(OH)–C–C–N with tert-alkyl or cyclic N) is 1. The third-order valence-electron chi connectivity index (χ3n) is 6.62. The highest BCUT2D eigenvalue weighted by molar-refractivity contribution is 5.63. The summed E-state index contributed by atoms with van der Waals surface area (Å²) in [6.07, 6.45) is 2.24. The van der Waals surface area contributed by atoms with Gasteiger partial charge in [-0.05, 0) is 55.3 Å². The van der Waals surface area contributed by atoms with Crippen molar-refractivity contribution in [3.8, 4) is 17.2 Å². The third kappa shape index (κ3) is 3.70. The molecule has 2 aromatic rings. The number of nitrogens with zero attached hydrogens (tertiary/aromatic N) is 2. The maximum atomic E-state index is 9.49. The molecule has 0 bridgehead atoms. The van der Waals surface area contributed by atoms with Gasteiger partial charge < -0.3 is 24.2 Å². The molecule has 1 fully saturated rings. The van der Waals surface area contributed by atoms with Crippen LogP contribution >= 0.6 is 0 Å². The summed E-state index contributed by atoms with van der Waals surface area (Å²) in [4.78, 5) is 4.85.